The van der Waals surface area contributed by atoms with E-state index in [1.807, 2.05) is 25.1 Å². The molecule has 4 aliphatic carbocycles. The minimum atomic E-state index is 0.302. The fourth-order valence-electron chi connectivity index (χ4n) is 8.05. The van der Waals surface area contributed by atoms with Crippen LogP contribution in [0.15, 0.2) is 42.0 Å². The number of fused-ring (bicyclic) bond motifs is 5. The number of benzene rings is 1. The molecule has 0 amide bonds. The minimum Gasteiger partial charge on any atom is -0.300 e. The zero-order chi connectivity index (χ0) is 21.5. The Hall–Kier alpha value is -1.37. The number of hydrogen-bond acceptors (Lipinski definition) is 1. The largest absolute Gasteiger partial charge is 0.300 e. The second kappa shape index (κ2) is 8.29. The fraction of sp³-hybridized carbons (Fsp3) is 0.690. The van der Waals surface area contributed by atoms with Crippen molar-refractivity contribution >= 4 is 5.78 Å². The molecule has 30 heavy (non-hydrogen) atoms. The van der Waals surface area contributed by atoms with Crippen LogP contribution in [0.1, 0.15) is 84.6 Å². The van der Waals surface area contributed by atoms with Crippen molar-refractivity contribution in [3.8, 4) is 0 Å². The maximum atomic E-state index is 12.2. The average Bonchev–Trinajstić information content (AvgIpc) is 3.07. The van der Waals surface area contributed by atoms with Gasteiger partial charge < -0.3 is 0 Å². The smallest absolute Gasteiger partial charge is 0.133 e. The first-order valence-corrected chi connectivity index (χ1v) is 12.5. The lowest BCUT2D eigenvalue weighted by Gasteiger charge is -2.58. The van der Waals surface area contributed by atoms with Gasteiger partial charge in [-0.3, -0.25) is 4.79 Å². The number of ketones is 1. The van der Waals surface area contributed by atoms with Gasteiger partial charge in [-0.15, -0.1) is 0 Å². The predicted molar refractivity (Wildman–Crippen MR) is 126 cm³/mol. The summed E-state index contributed by atoms with van der Waals surface area (Å²) >= 11 is 0. The lowest BCUT2D eigenvalue weighted by Crippen LogP contribution is -2.50. The van der Waals surface area contributed by atoms with Gasteiger partial charge in [-0.2, -0.15) is 0 Å². The van der Waals surface area contributed by atoms with E-state index in [9.17, 15) is 4.79 Å². The summed E-state index contributed by atoms with van der Waals surface area (Å²) in [6.45, 7) is 11.4. The third-order valence-corrected chi connectivity index (χ3v) is 9.78. The molecule has 7 atom stereocenters. The number of hydrogen-bond donors (Lipinski definition) is 0. The molecule has 0 aromatic heterocycles. The predicted octanol–water partition coefficient (Wildman–Crippen LogP) is 7.79. The van der Waals surface area contributed by atoms with Gasteiger partial charge in [-0.1, -0.05) is 68.3 Å². The Morgan fingerprint density at radius 1 is 0.967 bits per heavy atom. The Labute approximate surface area is 184 Å². The van der Waals surface area contributed by atoms with Gasteiger partial charge in [0.1, 0.15) is 5.78 Å². The van der Waals surface area contributed by atoms with Crippen molar-refractivity contribution in [2.24, 2.45) is 40.4 Å². The summed E-state index contributed by atoms with van der Waals surface area (Å²) in [5.41, 5.74) is 3.89. The molecule has 3 unspecified atom stereocenters. The normalized spacial score (nSPS) is 42.0. The molecule has 0 bridgehead atoms. The Morgan fingerprint density at radius 2 is 1.70 bits per heavy atom. The molecule has 1 nitrogen and oxygen atoms in total. The highest BCUT2D eigenvalue weighted by Gasteiger charge is 2.59. The van der Waals surface area contributed by atoms with Crippen molar-refractivity contribution in [1.82, 2.24) is 0 Å². The fourth-order valence-corrected chi connectivity index (χ4v) is 8.05. The number of rotatable bonds is 1. The molecule has 1 aromatic rings. The van der Waals surface area contributed by atoms with Crippen LogP contribution in [-0.2, 0) is 4.79 Å². The Balaban J connectivity index is 0.000000265. The van der Waals surface area contributed by atoms with E-state index in [2.05, 4.69) is 45.9 Å². The van der Waals surface area contributed by atoms with Crippen molar-refractivity contribution in [2.45, 2.75) is 86.0 Å². The highest BCUT2D eigenvalue weighted by Crippen LogP contribution is 2.66. The van der Waals surface area contributed by atoms with Gasteiger partial charge in [-0.05, 0) is 99.7 Å². The van der Waals surface area contributed by atoms with Gasteiger partial charge in [0, 0.05) is 5.92 Å². The summed E-state index contributed by atoms with van der Waals surface area (Å²) in [5.74, 6) is 4.22. The second-order valence-electron chi connectivity index (χ2n) is 11.5. The van der Waals surface area contributed by atoms with Crippen LogP contribution >= 0.6 is 0 Å². The summed E-state index contributed by atoms with van der Waals surface area (Å²) in [6, 6.07) is 10.3. The molecule has 3 saturated carbocycles. The van der Waals surface area contributed by atoms with Gasteiger partial charge in [0.15, 0.2) is 0 Å². The van der Waals surface area contributed by atoms with E-state index in [1.54, 1.807) is 5.57 Å². The molecule has 0 N–H and O–H groups in total. The molecule has 0 aliphatic heterocycles. The van der Waals surface area contributed by atoms with Gasteiger partial charge in [0.2, 0.25) is 0 Å². The maximum Gasteiger partial charge on any atom is 0.133 e. The van der Waals surface area contributed by atoms with Gasteiger partial charge in [0.05, 0.1) is 0 Å². The maximum absolute atomic E-state index is 12.2. The first-order chi connectivity index (χ1) is 14.3. The van der Waals surface area contributed by atoms with E-state index in [0.717, 1.165) is 30.1 Å². The molecule has 0 radical (unpaired) electrons. The van der Waals surface area contributed by atoms with Gasteiger partial charge in [0.25, 0.3) is 0 Å². The molecular weight excluding hydrogens is 364 g/mol. The second-order valence-corrected chi connectivity index (χ2v) is 11.5. The molecule has 5 rings (SSSR count). The number of aryl methyl sites for hydroxylation is 1. The third kappa shape index (κ3) is 3.71. The summed E-state index contributed by atoms with van der Waals surface area (Å²) in [7, 11) is 0. The Bertz CT molecular complexity index is 792. The molecule has 4 aliphatic rings. The summed E-state index contributed by atoms with van der Waals surface area (Å²) in [5, 5.41) is 0. The van der Waals surface area contributed by atoms with E-state index < -0.39 is 0 Å². The van der Waals surface area contributed by atoms with E-state index in [4.69, 9.17) is 0 Å². The van der Waals surface area contributed by atoms with Gasteiger partial charge >= 0.3 is 0 Å². The molecule has 0 heterocycles. The summed E-state index contributed by atoms with van der Waals surface area (Å²) < 4.78 is 0. The highest BCUT2D eigenvalue weighted by atomic mass is 16.1. The topological polar surface area (TPSA) is 17.1 Å². The van der Waals surface area contributed by atoms with Crippen molar-refractivity contribution in [3.63, 3.8) is 0 Å². The average molecular weight is 407 g/mol. The van der Waals surface area contributed by atoms with Crippen molar-refractivity contribution in [1.29, 1.82) is 0 Å². The molecule has 0 spiro atoms. The SMILES string of the molecule is CC(=O)[C@H]1CCC2C3CC=C4C[C@@H](C)CC[C@]4(C)C3CC[C@@]21C.Cc1ccccc1. The van der Waals surface area contributed by atoms with E-state index in [0.29, 0.717) is 22.5 Å². The Morgan fingerprint density at radius 3 is 2.33 bits per heavy atom. The summed E-state index contributed by atoms with van der Waals surface area (Å²) in [6.07, 6.45) is 13.2. The van der Waals surface area contributed by atoms with Crippen LogP contribution < -0.4 is 0 Å². The lowest BCUT2D eigenvalue weighted by molar-refractivity contribution is -0.127. The van der Waals surface area contributed by atoms with Crippen molar-refractivity contribution < 1.29 is 4.79 Å². The molecule has 0 saturated heterocycles. The molecular formula is C29H42O. The zero-order valence-electron chi connectivity index (χ0n) is 19.9. The Kier molecular flexibility index (Phi) is 6.03. The van der Waals surface area contributed by atoms with E-state index >= 15 is 0 Å². The van der Waals surface area contributed by atoms with Crippen LogP contribution in [0.5, 0.6) is 0 Å². The number of Topliss-reactive ketones (excluding diaryl/α,β-unsaturated/α-hetero) is 1. The van der Waals surface area contributed by atoms with Crippen molar-refractivity contribution in [3.05, 3.63) is 47.5 Å². The minimum absolute atomic E-state index is 0.302. The molecule has 3 fully saturated rings. The van der Waals surface area contributed by atoms with Crippen molar-refractivity contribution in [2.75, 3.05) is 0 Å². The first-order valence-electron chi connectivity index (χ1n) is 12.5. The third-order valence-electron chi connectivity index (χ3n) is 9.78. The molecule has 1 heteroatoms. The van der Waals surface area contributed by atoms with Crippen LogP contribution in [0.2, 0.25) is 0 Å². The van der Waals surface area contributed by atoms with Gasteiger partial charge in [-0.25, -0.2) is 0 Å². The zero-order valence-corrected chi connectivity index (χ0v) is 19.9. The lowest BCUT2D eigenvalue weighted by atomic mass is 9.47. The number of allylic oxidation sites excluding steroid dienone is 2. The quantitative estimate of drug-likeness (QED) is 0.435. The van der Waals surface area contributed by atoms with Crippen LogP contribution in [0.3, 0.4) is 0 Å². The first kappa shape index (κ1) is 21.8. The monoisotopic (exact) mass is 406 g/mol. The van der Waals surface area contributed by atoms with E-state index in [1.165, 1.54) is 50.5 Å². The highest BCUT2D eigenvalue weighted by molar-refractivity contribution is 5.79. The molecule has 164 valence electrons. The molecule has 1 aromatic carbocycles. The summed E-state index contributed by atoms with van der Waals surface area (Å²) in [4.78, 5) is 12.2. The van der Waals surface area contributed by atoms with Crippen LogP contribution in [0.4, 0.5) is 0 Å². The number of carbonyl (C=O) groups excluding carboxylic acids is 1. The van der Waals surface area contributed by atoms with E-state index in [-0.39, 0.29) is 0 Å². The number of carbonyl (C=O) groups is 1. The van der Waals surface area contributed by atoms with Crippen LogP contribution in [-0.4, -0.2) is 5.78 Å². The standard InChI is InChI=1S/C22H34O.C7H8/c1-14-9-11-21(3)16(13-14)5-6-17-19-8-7-18(15(2)23)22(19,4)12-10-20(17)21;1-7-5-3-2-4-6-7/h5,14,17-20H,6-13H2,1-4H3;2-6H,1H3/t14-,17?,18+,19?,20?,21-,22+;/m0./s1. The van der Waals surface area contributed by atoms with Crippen LogP contribution in [0.25, 0.3) is 0 Å². The van der Waals surface area contributed by atoms with Crippen LogP contribution in [0, 0.1) is 47.3 Å².